The van der Waals surface area contributed by atoms with Crippen LogP contribution in [0.1, 0.15) is 37.3 Å². The summed E-state index contributed by atoms with van der Waals surface area (Å²) in [5, 5.41) is 11.7. The summed E-state index contributed by atoms with van der Waals surface area (Å²) in [4.78, 5) is 25.1. The van der Waals surface area contributed by atoms with Gasteiger partial charge < -0.3 is 0 Å². The Morgan fingerprint density at radius 1 is 1.32 bits per heavy atom. The molecule has 0 aromatic carbocycles. The monoisotopic (exact) mass is 353 g/mol. The number of pyridine rings is 1. The minimum atomic E-state index is -0.362. The van der Waals surface area contributed by atoms with Gasteiger partial charge >= 0.3 is 0 Å². The predicted octanol–water partition coefficient (Wildman–Crippen LogP) is 2.99. The molecule has 0 N–H and O–H groups in total. The van der Waals surface area contributed by atoms with E-state index in [9.17, 15) is 4.79 Å². The molecule has 2 fully saturated rings. The highest BCUT2D eigenvalue weighted by Crippen LogP contribution is 2.39. The Balaban J connectivity index is 1.53. The van der Waals surface area contributed by atoms with Gasteiger partial charge in [-0.25, -0.2) is 4.98 Å². The summed E-state index contributed by atoms with van der Waals surface area (Å²) in [6.45, 7) is 0.655. The van der Waals surface area contributed by atoms with Crippen LogP contribution in [0.2, 0.25) is 0 Å². The molecule has 3 heterocycles. The zero-order chi connectivity index (χ0) is 17.4. The van der Waals surface area contributed by atoms with Gasteiger partial charge in [0, 0.05) is 30.6 Å². The van der Waals surface area contributed by atoms with Crippen LogP contribution in [0.5, 0.6) is 0 Å². The zero-order valence-electron chi connectivity index (χ0n) is 14.1. The lowest BCUT2D eigenvalue weighted by Crippen LogP contribution is -2.42. The van der Waals surface area contributed by atoms with Gasteiger partial charge in [0.15, 0.2) is 11.3 Å². The largest absolute Gasteiger partial charge is 0.298 e. The number of aromatic nitrogens is 2. The lowest BCUT2D eigenvalue weighted by Gasteiger charge is -2.22. The van der Waals surface area contributed by atoms with E-state index in [2.05, 4.69) is 17.2 Å². The Morgan fingerprint density at radius 3 is 2.92 bits per heavy atom. The molecule has 6 nitrogen and oxygen atoms in total. The Morgan fingerprint density at radius 2 is 2.16 bits per heavy atom. The molecule has 1 aliphatic heterocycles. The van der Waals surface area contributed by atoms with Gasteiger partial charge in [0.1, 0.15) is 11.7 Å². The van der Waals surface area contributed by atoms with Gasteiger partial charge in [0.25, 0.3) is 5.91 Å². The molecule has 0 radical (unpaired) electrons. The summed E-state index contributed by atoms with van der Waals surface area (Å²) in [6.07, 6.45) is 6.14. The van der Waals surface area contributed by atoms with Crippen molar-refractivity contribution in [2.75, 3.05) is 18.5 Å². The van der Waals surface area contributed by atoms with Gasteiger partial charge in [0.05, 0.1) is 5.69 Å². The van der Waals surface area contributed by atoms with Crippen molar-refractivity contribution in [3.63, 3.8) is 0 Å². The van der Waals surface area contributed by atoms with Crippen molar-refractivity contribution >= 4 is 22.4 Å². The number of carbonyl (C=O) groups is 1. The van der Waals surface area contributed by atoms with Crippen LogP contribution in [0, 0.1) is 11.5 Å². The summed E-state index contributed by atoms with van der Waals surface area (Å²) in [6, 6.07) is 5.69. The number of nitrogens with zero attached hydrogens (tertiary/aromatic N) is 5. The summed E-state index contributed by atoms with van der Waals surface area (Å²) in [5.41, 5.74) is 2.78. The molecule has 1 saturated heterocycles. The third-order valence-electron chi connectivity index (χ3n) is 4.80. The molecule has 7 heteroatoms. The number of likely N-dealkylation sites (N-methyl/N-ethyl adjacent to an activating group) is 1. The predicted molar refractivity (Wildman–Crippen MR) is 96.1 cm³/mol. The minimum absolute atomic E-state index is 0.0698. The van der Waals surface area contributed by atoms with Crippen molar-refractivity contribution in [1.29, 1.82) is 5.26 Å². The van der Waals surface area contributed by atoms with Crippen molar-refractivity contribution in [3.05, 3.63) is 29.3 Å². The van der Waals surface area contributed by atoms with Crippen molar-refractivity contribution in [2.24, 2.45) is 0 Å². The number of thiazole rings is 1. The smallest absolute Gasteiger partial charge is 0.251 e. The van der Waals surface area contributed by atoms with Crippen LogP contribution < -0.4 is 4.90 Å². The van der Waals surface area contributed by atoms with E-state index >= 15 is 0 Å². The molecule has 1 aliphatic carbocycles. The van der Waals surface area contributed by atoms with E-state index < -0.39 is 0 Å². The van der Waals surface area contributed by atoms with E-state index in [1.54, 1.807) is 16.8 Å². The fraction of sp³-hybridized carbons (Fsp3) is 0.444. The molecule has 2 aromatic heterocycles. The van der Waals surface area contributed by atoms with Gasteiger partial charge in [-0.2, -0.15) is 5.26 Å². The first-order valence-electron chi connectivity index (χ1n) is 8.54. The molecule has 4 rings (SSSR count). The van der Waals surface area contributed by atoms with Gasteiger partial charge in [-0.15, -0.1) is 11.3 Å². The second-order valence-corrected chi connectivity index (χ2v) is 7.42. The van der Waals surface area contributed by atoms with Crippen molar-refractivity contribution < 1.29 is 4.79 Å². The molecular weight excluding hydrogens is 334 g/mol. The third kappa shape index (κ3) is 3.10. The molecule has 2 aliphatic rings. The lowest BCUT2D eigenvalue weighted by molar-refractivity contribution is -0.121. The first kappa shape index (κ1) is 16.0. The molecule has 128 valence electrons. The maximum absolute atomic E-state index is 12.7. The van der Waals surface area contributed by atoms with E-state index in [0.29, 0.717) is 17.6 Å². The van der Waals surface area contributed by atoms with Crippen LogP contribution in [-0.2, 0) is 4.79 Å². The van der Waals surface area contributed by atoms with Crippen molar-refractivity contribution in [2.45, 2.75) is 37.6 Å². The molecule has 1 unspecified atom stereocenters. The lowest BCUT2D eigenvalue weighted by atomic mass is 10.2. The fourth-order valence-electron chi connectivity index (χ4n) is 3.20. The highest BCUT2D eigenvalue weighted by Gasteiger charge is 2.33. The number of amides is 1. The van der Waals surface area contributed by atoms with Crippen LogP contribution in [0.3, 0.4) is 0 Å². The molecule has 0 bridgehead atoms. The molecule has 1 atom stereocenters. The fourth-order valence-corrected chi connectivity index (χ4v) is 3.99. The van der Waals surface area contributed by atoms with Crippen molar-refractivity contribution in [3.8, 4) is 17.6 Å². The van der Waals surface area contributed by atoms with E-state index in [4.69, 9.17) is 10.2 Å². The van der Waals surface area contributed by atoms with Gasteiger partial charge in [0.2, 0.25) is 0 Å². The summed E-state index contributed by atoms with van der Waals surface area (Å²) >= 11 is 1.43. The maximum atomic E-state index is 12.7. The molecule has 2 aromatic rings. The normalized spacial score (nSPS) is 19.7. The highest BCUT2D eigenvalue weighted by atomic mass is 32.1. The Hall–Kier alpha value is -2.46. The maximum Gasteiger partial charge on any atom is 0.251 e. The topological polar surface area (TPSA) is 73.1 Å². The quantitative estimate of drug-likeness (QED) is 0.790. The number of carbonyl (C=O) groups excluding carboxylic acids is 1. The van der Waals surface area contributed by atoms with Gasteiger partial charge in [-0.05, 0) is 37.8 Å². The number of rotatable bonds is 4. The highest BCUT2D eigenvalue weighted by molar-refractivity contribution is 7.14. The van der Waals surface area contributed by atoms with E-state index in [1.165, 1.54) is 24.2 Å². The Labute approximate surface area is 150 Å². The van der Waals surface area contributed by atoms with Crippen molar-refractivity contribution in [1.82, 2.24) is 14.9 Å². The van der Waals surface area contributed by atoms with Crippen LogP contribution in [0.15, 0.2) is 23.6 Å². The second kappa shape index (κ2) is 6.45. The Kier molecular flexibility index (Phi) is 4.14. The summed E-state index contributed by atoms with van der Waals surface area (Å²) in [7, 11) is 1.73. The first-order valence-corrected chi connectivity index (χ1v) is 9.42. The third-order valence-corrected chi connectivity index (χ3v) is 5.72. The molecule has 25 heavy (non-hydrogen) atoms. The molecule has 1 amide bonds. The molecular formula is C18H19N5OS. The van der Waals surface area contributed by atoms with Crippen LogP contribution >= 0.6 is 11.3 Å². The average Bonchev–Trinajstić information content (AvgIpc) is 3.19. The van der Waals surface area contributed by atoms with E-state index in [0.717, 1.165) is 29.9 Å². The summed E-state index contributed by atoms with van der Waals surface area (Å²) in [5.74, 6) is 0.529. The van der Waals surface area contributed by atoms with Gasteiger partial charge in [-0.1, -0.05) is 6.07 Å². The van der Waals surface area contributed by atoms with E-state index in [-0.39, 0.29) is 11.9 Å². The average molecular weight is 353 g/mol. The minimum Gasteiger partial charge on any atom is -0.298 e. The van der Waals surface area contributed by atoms with Crippen LogP contribution in [-0.4, -0.2) is 40.4 Å². The summed E-state index contributed by atoms with van der Waals surface area (Å²) < 4.78 is 0. The SMILES string of the molecule is CN(C(=O)C1CCCN1C#N)c1nc(-c2cccc(C3CC3)n2)cs1. The number of likely N-dealkylation sites (tertiary alicyclic amines) is 1. The van der Waals surface area contributed by atoms with E-state index in [1.807, 2.05) is 17.5 Å². The molecule has 1 saturated carbocycles. The number of hydrogen-bond acceptors (Lipinski definition) is 6. The standard InChI is InChI=1S/C18H19N5OS/c1-22(17(24)16-6-3-9-23(16)11-19)18-21-15(10-25-18)14-5-2-4-13(20-14)12-7-8-12/h2,4-5,10,12,16H,3,6-9H2,1H3. The zero-order valence-corrected chi connectivity index (χ0v) is 14.9. The second-order valence-electron chi connectivity index (χ2n) is 6.59. The number of nitriles is 1. The van der Waals surface area contributed by atoms with Crippen LogP contribution in [0.4, 0.5) is 5.13 Å². The van der Waals surface area contributed by atoms with Crippen LogP contribution in [0.25, 0.3) is 11.4 Å². The molecule has 0 spiro atoms. The first-order chi connectivity index (χ1) is 12.2. The van der Waals surface area contributed by atoms with Gasteiger partial charge in [-0.3, -0.25) is 19.6 Å². The number of hydrogen-bond donors (Lipinski definition) is 0. The Bertz CT molecular complexity index is 838. The number of anilines is 1.